The van der Waals surface area contributed by atoms with E-state index in [0.29, 0.717) is 0 Å². The molecule has 0 fully saturated rings. The van der Waals surface area contributed by atoms with Gasteiger partial charge in [-0.25, -0.2) is 5.43 Å². The Bertz CT molecular complexity index is 634. The fourth-order valence-electron chi connectivity index (χ4n) is 1.61. The van der Waals surface area contributed by atoms with Gasteiger partial charge in [0.05, 0.1) is 6.21 Å². The van der Waals surface area contributed by atoms with E-state index in [2.05, 4.69) is 5.10 Å². The molecule has 3 N–H and O–H groups in total. The van der Waals surface area contributed by atoms with Crippen LogP contribution in [0.4, 0.5) is 0 Å². The highest BCUT2D eigenvalue weighted by Gasteiger charge is 2.05. The standard InChI is InChI=1S/C15H13N3O2/c16-14(19)15(20)18-17-10-11-6-8-13(9-7-11)12-4-2-1-3-5-12/h1-10H,(H2,16,19)(H,18,20). The van der Waals surface area contributed by atoms with E-state index in [0.717, 1.165) is 16.7 Å². The van der Waals surface area contributed by atoms with Gasteiger partial charge in [0, 0.05) is 0 Å². The molecule has 0 spiro atoms. The number of carbonyl (C=O) groups is 2. The van der Waals surface area contributed by atoms with Gasteiger partial charge in [0.15, 0.2) is 0 Å². The SMILES string of the molecule is NC(=O)C(=O)NN=Cc1ccc(-c2ccccc2)cc1. The first-order chi connectivity index (χ1) is 9.66. The van der Waals surface area contributed by atoms with Crippen molar-refractivity contribution in [2.75, 3.05) is 0 Å². The van der Waals surface area contributed by atoms with Gasteiger partial charge in [-0.2, -0.15) is 5.10 Å². The highest BCUT2D eigenvalue weighted by molar-refractivity contribution is 6.34. The van der Waals surface area contributed by atoms with Crippen molar-refractivity contribution in [1.29, 1.82) is 0 Å². The van der Waals surface area contributed by atoms with Crippen LogP contribution < -0.4 is 11.2 Å². The second-order valence-corrected chi connectivity index (χ2v) is 4.05. The topological polar surface area (TPSA) is 84.5 Å². The molecule has 5 nitrogen and oxygen atoms in total. The van der Waals surface area contributed by atoms with E-state index in [4.69, 9.17) is 5.73 Å². The third kappa shape index (κ3) is 3.52. The second kappa shape index (κ2) is 6.29. The molecule has 0 aliphatic carbocycles. The fourth-order valence-corrected chi connectivity index (χ4v) is 1.61. The van der Waals surface area contributed by atoms with Crippen molar-refractivity contribution in [2.24, 2.45) is 10.8 Å². The average molecular weight is 267 g/mol. The Morgan fingerprint density at radius 1 is 0.950 bits per heavy atom. The van der Waals surface area contributed by atoms with Gasteiger partial charge in [0.25, 0.3) is 0 Å². The van der Waals surface area contributed by atoms with E-state index in [1.165, 1.54) is 6.21 Å². The molecule has 0 aromatic heterocycles. The zero-order valence-electron chi connectivity index (χ0n) is 10.6. The van der Waals surface area contributed by atoms with Crippen LogP contribution in [0.3, 0.4) is 0 Å². The fraction of sp³-hybridized carbons (Fsp3) is 0. The quantitative estimate of drug-likeness (QED) is 0.499. The Morgan fingerprint density at radius 3 is 2.15 bits per heavy atom. The third-order valence-electron chi connectivity index (χ3n) is 2.62. The number of rotatable bonds is 3. The zero-order valence-corrected chi connectivity index (χ0v) is 10.6. The minimum absolute atomic E-state index is 0.800. The van der Waals surface area contributed by atoms with Crippen LogP contribution in [0.15, 0.2) is 59.7 Å². The van der Waals surface area contributed by atoms with E-state index in [1.807, 2.05) is 60.0 Å². The summed E-state index contributed by atoms with van der Waals surface area (Å²) in [6.07, 6.45) is 1.44. The minimum atomic E-state index is -1.07. The van der Waals surface area contributed by atoms with Crippen molar-refractivity contribution in [2.45, 2.75) is 0 Å². The average Bonchev–Trinajstić information content (AvgIpc) is 2.48. The number of hydrogen-bond donors (Lipinski definition) is 2. The molecule has 0 aliphatic rings. The molecule has 0 unspecified atom stereocenters. The molecule has 0 radical (unpaired) electrons. The molecule has 0 saturated heterocycles. The maximum Gasteiger partial charge on any atom is 0.329 e. The molecule has 0 atom stereocenters. The van der Waals surface area contributed by atoms with Gasteiger partial charge in [-0.05, 0) is 16.7 Å². The number of hydrogen-bond acceptors (Lipinski definition) is 3. The number of benzene rings is 2. The van der Waals surface area contributed by atoms with Gasteiger partial charge in [-0.15, -0.1) is 0 Å². The first-order valence-corrected chi connectivity index (χ1v) is 5.95. The third-order valence-corrected chi connectivity index (χ3v) is 2.62. The minimum Gasteiger partial charge on any atom is -0.361 e. The van der Waals surface area contributed by atoms with Crippen molar-refractivity contribution in [3.63, 3.8) is 0 Å². The lowest BCUT2D eigenvalue weighted by Crippen LogP contribution is -2.32. The summed E-state index contributed by atoms with van der Waals surface area (Å²) >= 11 is 0. The van der Waals surface area contributed by atoms with Gasteiger partial charge in [0.1, 0.15) is 0 Å². The molecule has 5 heteroatoms. The number of nitrogens with two attached hydrogens (primary N) is 1. The van der Waals surface area contributed by atoms with Crippen LogP contribution in [0.2, 0.25) is 0 Å². The summed E-state index contributed by atoms with van der Waals surface area (Å²) in [5.74, 6) is -2.01. The number of nitrogens with one attached hydrogen (secondary N) is 1. The summed E-state index contributed by atoms with van der Waals surface area (Å²) in [4.78, 5) is 21.4. The summed E-state index contributed by atoms with van der Waals surface area (Å²) in [5, 5.41) is 3.64. The molecule has 0 saturated carbocycles. The molecule has 0 bridgehead atoms. The van der Waals surface area contributed by atoms with Gasteiger partial charge >= 0.3 is 11.8 Å². The number of carbonyl (C=O) groups excluding carboxylic acids is 2. The van der Waals surface area contributed by atoms with Crippen LogP contribution >= 0.6 is 0 Å². The van der Waals surface area contributed by atoms with Gasteiger partial charge in [-0.1, -0.05) is 54.6 Å². The van der Waals surface area contributed by atoms with Crippen LogP contribution in [0, 0.1) is 0 Å². The predicted octanol–water partition coefficient (Wildman–Crippen LogP) is 1.29. The largest absolute Gasteiger partial charge is 0.361 e. The predicted molar refractivity (Wildman–Crippen MR) is 76.8 cm³/mol. The van der Waals surface area contributed by atoms with Gasteiger partial charge in [0.2, 0.25) is 0 Å². The van der Waals surface area contributed by atoms with Gasteiger partial charge < -0.3 is 5.73 Å². The van der Waals surface area contributed by atoms with Crippen molar-refractivity contribution in [3.8, 4) is 11.1 Å². The van der Waals surface area contributed by atoms with Crippen LogP contribution in [0.5, 0.6) is 0 Å². The maximum absolute atomic E-state index is 10.9. The highest BCUT2D eigenvalue weighted by atomic mass is 16.2. The van der Waals surface area contributed by atoms with E-state index in [9.17, 15) is 9.59 Å². The first kappa shape index (κ1) is 13.5. The molecule has 100 valence electrons. The Hall–Kier alpha value is -2.95. The normalized spacial score (nSPS) is 10.4. The number of amides is 2. The molecule has 2 rings (SSSR count). The second-order valence-electron chi connectivity index (χ2n) is 4.05. The van der Waals surface area contributed by atoms with Gasteiger partial charge in [-0.3, -0.25) is 9.59 Å². The summed E-state index contributed by atoms with van der Waals surface area (Å²) in [6, 6.07) is 17.6. The molecule has 20 heavy (non-hydrogen) atoms. The van der Waals surface area contributed by atoms with E-state index < -0.39 is 11.8 Å². The van der Waals surface area contributed by atoms with Crippen molar-refractivity contribution in [1.82, 2.24) is 5.43 Å². The number of hydrazone groups is 1. The van der Waals surface area contributed by atoms with Crippen LogP contribution in [0.25, 0.3) is 11.1 Å². The van der Waals surface area contributed by atoms with E-state index in [-0.39, 0.29) is 0 Å². The lowest BCUT2D eigenvalue weighted by Gasteiger charge is -2.01. The molecule has 0 heterocycles. The smallest absolute Gasteiger partial charge is 0.329 e. The molecule has 2 amide bonds. The molecular formula is C15H13N3O2. The van der Waals surface area contributed by atoms with E-state index >= 15 is 0 Å². The van der Waals surface area contributed by atoms with Crippen LogP contribution in [0.1, 0.15) is 5.56 Å². The Labute approximate surface area is 116 Å². The summed E-state index contributed by atoms with van der Waals surface area (Å²) in [7, 11) is 0. The molecule has 0 aliphatic heterocycles. The molecular weight excluding hydrogens is 254 g/mol. The summed E-state index contributed by atoms with van der Waals surface area (Å²) in [5.41, 5.74) is 9.82. The number of primary amides is 1. The highest BCUT2D eigenvalue weighted by Crippen LogP contribution is 2.18. The van der Waals surface area contributed by atoms with E-state index in [1.54, 1.807) is 0 Å². The Balaban J connectivity index is 2.04. The monoisotopic (exact) mass is 267 g/mol. The van der Waals surface area contributed by atoms with Crippen LogP contribution in [-0.4, -0.2) is 18.0 Å². The lowest BCUT2D eigenvalue weighted by atomic mass is 10.0. The Morgan fingerprint density at radius 2 is 1.55 bits per heavy atom. The van der Waals surface area contributed by atoms with Crippen LogP contribution in [-0.2, 0) is 9.59 Å². The zero-order chi connectivity index (χ0) is 14.4. The molecule has 2 aromatic rings. The number of nitrogens with zero attached hydrogens (tertiary/aromatic N) is 1. The summed E-state index contributed by atoms with van der Waals surface area (Å²) in [6.45, 7) is 0. The lowest BCUT2D eigenvalue weighted by molar-refractivity contribution is -0.137. The van der Waals surface area contributed by atoms with Crippen molar-refractivity contribution in [3.05, 3.63) is 60.2 Å². The summed E-state index contributed by atoms with van der Waals surface area (Å²) < 4.78 is 0. The Kier molecular flexibility index (Phi) is 4.24. The first-order valence-electron chi connectivity index (χ1n) is 5.95. The van der Waals surface area contributed by atoms with Crippen molar-refractivity contribution >= 4 is 18.0 Å². The molecule has 2 aromatic carbocycles. The van der Waals surface area contributed by atoms with Crippen molar-refractivity contribution < 1.29 is 9.59 Å². The maximum atomic E-state index is 10.9.